The van der Waals surface area contributed by atoms with Gasteiger partial charge in [0, 0.05) is 42.5 Å². The van der Waals surface area contributed by atoms with E-state index >= 15 is 0 Å². The standard InChI is InChI=1S/C21H23BrF2N2O3/c1-28-18-10-11-26(13-18)17-6-4-16(5-7-17)25-20(27)9-2-14-12-15(22)3-8-19(14)29-21(23)24/h3-8,12,18,21H,2,9-11,13H2,1H3,(H,25,27). The molecule has 5 nitrogen and oxygen atoms in total. The van der Waals surface area contributed by atoms with Crippen molar-refractivity contribution in [1.82, 2.24) is 0 Å². The van der Waals surface area contributed by atoms with Gasteiger partial charge >= 0.3 is 6.61 Å². The number of rotatable bonds is 8. The lowest BCUT2D eigenvalue weighted by Gasteiger charge is -2.18. The fourth-order valence-electron chi connectivity index (χ4n) is 3.34. The Balaban J connectivity index is 1.54. The molecule has 1 aliphatic rings. The molecule has 1 saturated heterocycles. The second-order valence-electron chi connectivity index (χ2n) is 6.82. The van der Waals surface area contributed by atoms with Crippen LogP contribution in [0.25, 0.3) is 0 Å². The summed E-state index contributed by atoms with van der Waals surface area (Å²) in [4.78, 5) is 14.5. The summed E-state index contributed by atoms with van der Waals surface area (Å²) in [5.41, 5.74) is 2.33. The van der Waals surface area contributed by atoms with Crippen molar-refractivity contribution in [3.05, 3.63) is 52.5 Å². The average molecular weight is 469 g/mol. The molecule has 0 aliphatic carbocycles. The fourth-order valence-corrected chi connectivity index (χ4v) is 3.75. The van der Waals surface area contributed by atoms with Gasteiger partial charge in [-0.25, -0.2) is 0 Å². The summed E-state index contributed by atoms with van der Waals surface area (Å²) in [6, 6.07) is 12.4. The molecule has 1 N–H and O–H groups in total. The summed E-state index contributed by atoms with van der Waals surface area (Å²) in [6.45, 7) is -1.10. The van der Waals surface area contributed by atoms with Crippen molar-refractivity contribution in [3.63, 3.8) is 0 Å². The van der Waals surface area contributed by atoms with Crippen molar-refractivity contribution in [2.75, 3.05) is 30.4 Å². The maximum Gasteiger partial charge on any atom is 0.387 e. The number of hydrogen-bond acceptors (Lipinski definition) is 4. The van der Waals surface area contributed by atoms with Gasteiger partial charge in [-0.1, -0.05) is 15.9 Å². The van der Waals surface area contributed by atoms with Crippen LogP contribution in [0.3, 0.4) is 0 Å². The minimum Gasteiger partial charge on any atom is -0.435 e. The third-order valence-electron chi connectivity index (χ3n) is 4.85. The molecule has 29 heavy (non-hydrogen) atoms. The topological polar surface area (TPSA) is 50.8 Å². The molecule has 1 amide bonds. The first kappa shape index (κ1) is 21.5. The number of methoxy groups -OCH3 is 1. The predicted molar refractivity (Wildman–Crippen MR) is 112 cm³/mol. The Bertz CT molecular complexity index is 833. The monoisotopic (exact) mass is 468 g/mol. The zero-order chi connectivity index (χ0) is 20.8. The lowest BCUT2D eigenvalue weighted by atomic mass is 10.1. The molecule has 8 heteroatoms. The quantitative estimate of drug-likeness (QED) is 0.601. The maximum atomic E-state index is 12.6. The molecular formula is C21H23BrF2N2O3. The molecule has 3 rings (SSSR count). The average Bonchev–Trinajstić information content (AvgIpc) is 3.18. The summed E-state index contributed by atoms with van der Waals surface area (Å²) in [6.07, 6.45) is 1.70. The highest BCUT2D eigenvalue weighted by molar-refractivity contribution is 9.10. The Kier molecular flexibility index (Phi) is 7.44. The summed E-state index contributed by atoms with van der Waals surface area (Å²) >= 11 is 3.31. The third-order valence-corrected chi connectivity index (χ3v) is 5.35. The van der Waals surface area contributed by atoms with Gasteiger partial charge in [-0.15, -0.1) is 0 Å². The Labute approximate surface area is 177 Å². The van der Waals surface area contributed by atoms with Gasteiger partial charge in [0.15, 0.2) is 0 Å². The predicted octanol–water partition coefficient (Wildman–Crippen LogP) is 4.85. The molecule has 1 heterocycles. The van der Waals surface area contributed by atoms with Crippen molar-refractivity contribution in [2.24, 2.45) is 0 Å². The Morgan fingerprint density at radius 2 is 2.03 bits per heavy atom. The summed E-state index contributed by atoms with van der Waals surface area (Å²) in [5, 5.41) is 2.84. The van der Waals surface area contributed by atoms with E-state index in [1.807, 2.05) is 24.3 Å². The van der Waals surface area contributed by atoms with E-state index in [0.29, 0.717) is 11.3 Å². The number of hydrogen-bond donors (Lipinski definition) is 1. The number of ether oxygens (including phenoxy) is 2. The minimum absolute atomic E-state index is 0.0836. The minimum atomic E-state index is -2.91. The highest BCUT2D eigenvalue weighted by Gasteiger charge is 2.22. The van der Waals surface area contributed by atoms with Crippen molar-refractivity contribution >= 4 is 33.2 Å². The zero-order valence-electron chi connectivity index (χ0n) is 16.0. The van der Waals surface area contributed by atoms with E-state index in [9.17, 15) is 13.6 Å². The van der Waals surface area contributed by atoms with E-state index in [1.165, 1.54) is 6.07 Å². The number of carbonyl (C=O) groups is 1. The molecule has 2 aromatic rings. The van der Waals surface area contributed by atoms with Crippen molar-refractivity contribution in [3.8, 4) is 5.75 Å². The number of benzene rings is 2. The molecule has 156 valence electrons. The molecule has 0 spiro atoms. The molecule has 2 aromatic carbocycles. The van der Waals surface area contributed by atoms with E-state index in [-0.39, 0.29) is 30.6 Å². The number of aryl methyl sites for hydroxylation is 1. The number of nitrogens with one attached hydrogen (secondary N) is 1. The number of halogens is 3. The smallest absolute Gasteiger partial charge is 0.387 e. The van der Waals surface area contributed by atoms with Crippen LogP contribution in [0, 0.1) is 0 Å². The highest BCUT2D eigenvalue weighted by atomic mass is 79.9. The van der Waals surface area contributed by atoms with Gasteiger partial charge in [0.25, 0.3) is 0 Å². The van der Waals surface area contributed by atoms with E-state index in [1.54, 1.807) is 19.2 Å². The van der Waals surface area contributed by atoms with Gasteiger partial charge in [-0.3, -0.25) is 4.79 Å². The van der Waals surface area contributed by atoms with Gasteiger partial charge in [0.2, 0.25) is 5.91 Å². The number of carbonyl (C=O) groups excluding carboxylic acids is 1. The van der Waals surface area contributed by atoms with Crippen molar-refractivity contribution in [2.45, 2.75) is 32.0 Å². The molecule has 0 aromatic heterocycles. The van der Waals surface area contributed by atoms with Gasteiger partial charge in [0.05, 0.1) is 6.10 Å². The second-order valence-corrected chi connectivity index (χ2v) is 7.73. The van der Waals surface area contributed by atoms with Crippen molar-refractivity contribution < 1.29 is 23.0 Å². The Morgan fingerprint density at radius 3 is 2.69 bits per heavy atom. The van der Waals surface area contributed by atoms with Gasteiger partial charge < -0.3 is 19.7 Å². The van der Waals surface area contributed by atoms with Crippen molar-refractivity contribution in [1.29, 1.82) is 0 Å². The van der Waals surface area contributed by atoms with E-state index < -0.39 is 6.61 Å². The normalized spacial score (nSPS) is 16.3. The molecule has 1 atom stereocenters. The highest BCUT2D eigenvalue weighted by Crippen LogP contribution is 2.27. The molecular weight excluding hydrogens is 446 g/mol. The molecule has 1 aliphatic heterocycles. The largest absolute Gasteiger partial charge is 0.435 e. The first-order valence-corrected chi connectivity index (χ1v) is 10.1. The van der Waals surface area contributed by atoms with Crippen LogP contribution in [-0.4, -0.2) is 38.8 Å². The van der Waals surface area contributed by atoms with E-state index in [0.717, 1.165) is 29.7 Å². The van der Waals surface area contributed by atoms with E-state index in [4.69, 9.17) is 4.74 Å². The fraction of sp³-hybridized carbons (Fsp3) is 0.381. The SMILES string of the molecule is COC1CCN(c2ccc(NC(=O)CCc3cc(Br)ccc3OC(F)F)cc2)C1. The molecule has 0 bridgehead atoms. The summed E-state index contributed by atoms with van der Waals surface area (Å²) < 4.78 is 35.8. The van der Waals surface area contributed by atoms with Crippen LogP contribution in [0.4, 0.5) is 20.2 Å². The van der Waals surface area contributed by atoms with Gasteiger partial charge in [-0.05, 0) is 60.9 Å². The summed E-state index contributed by atoms with van der Waals surface area (Å²) in [5.74, 6) is -0.110. The molecule has 1 fully saturated rings. The van der Waals surface area contributed by atoms with Crippen LogP contribution < -0.4 is 15.0 Å². The van der Waals surface area contributed by atoms with Crippen LogP contribution >= 0.6 is 15.9 Å². The summed E-state index contributed by atoms with van der Waals surface area (Å²) in [7, 11) is 1.73. The van der Waals surface area contributed by atoms with E-state index in [2.05, 4.69) is 30.9 Å². The Hall–Kier alpha value is -2.19. The van der Waals surface area contributed by atoms with Gasteiger partial charge in [-0.2, -0.15) is 8.78 Å². The van der Waals surface area contributed by atoms with Crippen LogP contribution in [0.15, 0.2) is 46.9 Å². The molecule has 1 unspecified atom stereocenters. The molecule has 0 saturated carbocycles. The number of alkyl halides is 2. The second kappa shape index (κ2) is 10.0. The Morgan fingerprint density at radius 1 is 1.28 bits per heavy atom. The number of anilines is 2. The third kappa shape index (κ3) is 6.14. The van der Waals surface area contributed by atoms with Gasteiger partial charge in [0.1, 0.15) is 5.75 Å². The first-order chi connectivity index (χ1) is 13.9. The van der Waals surface area contributed by atoms with Crippen LogP contribution in [0.5, 0.6) is 5.75 Å². The first-order valence-electron chi connectivity index (χ1n) is 9.35. The van der Waals surface area contributed by atoms with Crippen LogP contribution in [0.2, 0.25) is 0 Å². The molecule has 0 radical (unpaired) electrons. The lowest BCUT2D eigenvalue weighted by molar-refractivity contribution is -0.116. The zero-order valence-corrected chi connectivity index (χ0v) is 17.6. The maximum absolute atomic E-state index is 12.6. The number of nitrogens with zero attached hydrogens (tertiary/aromatic N) is 1. The lowest BCUT2D eigenvalue weighted by Crippen LogP contribution is -2.22. The van der Waals surface area contributed by atoms with Crippen LogP contribution in [-0.2, 0) is 16.0 Å². The van der Waals surface area contributed by atoms with Crippen LogP contribution in [0.1, 0.15) is 18.4 Å². The number of amides is 1.